The normalized spacial score (nSPS) is 13.4. The Bertz CT molecular complexity index is 623. The van der Waals surface area contributed by atoms with Gasteiger partial charge >= 0.3 is 0 Å². The molecule has 0 fully saturated rings. The van der Waals surface area contributed by atoms with E-state index in [0.717, 1.165) is 11.3 Å². The Labute approximate surface area is 109 Å². The smallest absolute Gasteiger partial charge is 0.195 e. The van der Waals surface area contributed by atoms with Gasteiger partial charge in [-0.2, -0.15) is 0 Å². The molecule has 0 aliphatic heterocycles. The minimum Gasteiger partial charge on any atom is -0.329 e. The molecule has 0 amide bonds. The first-order valence-electron chi connectivity index (χ1n) is 5.28. The molecule has 2 N–H and O–H groups in total. The summed E-state index contributed by atoms with van der Waals surface area (Å²) in [6.45, 7) is -0.0797. The van der Waals surface area contributed by atoms with Crippen molar-refractivity contribution in [3.05, 3.63) is 53.2 Å². The van der Waals surface area contributed by atoms with Crippen molar-refractivity contribution >= 4 is 21.2 Å². The number of halogens is 1. The monoisotopic (exact) mass is 285 g/mol. The number of hydrogen-bond donors (Lipinski definition) is 1. The summed E-state index contributed by atoms with van der Waals surface area (Å²) >= 11 is 1.14. The molecule has 1 aromatic heterocycles. The van der Waals surface area contributed by atoms with Crippen LogP contribution in [-0.2, 0) is 9.84 Å². The lowest BCUT2D eigenvalue weighted by Gasteiger charge is -2.15. The topological polar surface area (TPSA) is 60.2 Å². The molecule has 1 heterocycles. The highest BCUT2D eigenvalue weighted by Crippen LogP contribution is 2.30. The second-order valence-corrected chi connectivity index (χ2v) is 7.06. The standard InChI is InChI=1S/C12H12FNO2S2/c13-10-4-1-3-9(7-10)11(8-14)18(15,16)12-5-2-6-17-12/h1-7,11H,8,14H2. The number of benzene rings is 1. The molecule has 0 radical (unpaired) electrons. The van der Waals surface area contributed by atoms with Crippen molar-refractivity contribution < 1.29 is 12.8 Å². The van der Waals surface area contributed by atoms with E-state index < -0.39 is 20.9 Å². The fourth-order valence-electron chi connectivity index (χ4n) is 1.71. The second kappa shape index (κ2) is 5.17. The maximum atomic E-state index is 13.2. The predicted octanol–water partition coefficient (Wildman–Crippen LogP) is 2.36. The lowest BCUT2D eigenvalue weighted by Crippen LogP contribution is -2.21. The maximum Gasteiger partial charge on any atom is 0.195 e. The van der Waals surface area contributed by atoms with Gasteiger partial charge in [0.25, 0.3) is 0 Å². The molecule has 3 nitrogen and oxygen atoms in total. The molecule has 6 heteroatoms. The first-order valence-corrected chi connectivity index (χ1v) is 7.71. The van der Waals surface area contributed by atoms with Crippen LogP contribution in [0.1, 0.15) is 10.8 Å². The maximum absolute atomic E-state index is 13.2. The predicted molar refractivity (Wildman–Crippen MR) is 69.7 cm³/mol. The van der Waals surface area contributed by atoms with Gasteiger partial charge in [-0.25, -0.2) is 12.8 Å². The van der Waals surface area contributed by atoms with E-state index in [1.54, 1.807) is 17.5 Å². The highest BCUT2D eigenvalue weighted by molar-refractivity contribution is 7.93. The summed E-state index contributed by atoms with van der Waals surface area (Å²) in [5.74, 6) is -0.465. The third kappa shape index (κ3) is 2.45. The average molecular weight is 285 g/mol. The summed E-state index contributed by atoms with van der Waals surface area (Å²) in [7, 11) is -3.55. The van der Waals surface area contributed by atoms with E-state index in [-0.39, 0.29) is 10.8 Å². The molecule has 2 rings (SSSR count). The van der Waals surface area contributed by atoms with Crippen LogP contribution in [0, 0.1) is 5.82 Å². The van der Waals surface area contributed by atoms with E-state index in [4.69, 9.17) is 5.73 Å². The van der Waals surface area contributed by atoms with Gasteiger partial charge in [0.05, 0.1) is 0 Å². The number of hydrogen-bond acceptors (Lipinski definition) is 4. The second-order valence-electron chi connectivity index (χ2n) is 3.76. The third-order valence-electron chi connectivity index (χ3n) is 2.58. The molecule has 1 atom stereocenters. The zero-order chi connectivity index (χ0) is 13.2. The molecule has 0 aliphatic carbocycles. The van der Waals surface area contributed by atoms with Crippen molar-refractivity contribution in [1.29, 1.82) is 0 Å². The SMILES string of the molecule is NCC(c1cccc(F)c1)S(=O)(=O)c1cccs1. The molecule has 1 aromatic carbocycles. The van der Waals surface area contributed by atoms with Gasteiger partial charge in [0, 0.05) is 6.54 Å². The Morgan fingerprint density at radius 3 is 2.61 bits per heavy atom. The van der Waals surface area contributed by atoms with Crippen molar-refractivity contribution in [2.45, 2.75) is 9.46 Å². The number of thiophene rings is 1. The van der Waals surface area contributed by atoms with E-state index in [1.807, 2.05) is 0 Å². The van der Waals surface area contributed by atoms with Gasteiger partial charge in [-0.3, -0.25) is 0 Å². The highest BCUT2D eigenvalue weighted by atomic mass is 32.2. The summed E-state index contributed by atoms with van der Waals surface area (Å²) in [6.07, 6.45) is 0. The lowest BCUT2D eigenvalue weighted by atomic mass is 10.1. The van der Waals surface area contributed by atoms with Gasteiger partial charge in [0.2, 0.25) is 0 Å². The van der Waals surface area contributed by atoms with Crippen molar-refractivity contribution in [2.75, 3.05) is 6.54 Å². The Hall–Kier alpha value is -1.24. The molecule has 96 valence electrons. The minimum absolute atomic E-state index is 0.0797. The Balaban J connectivity index is 2.47. The summed E-state index contributed by atoms with van der Waals surface area (Å²) in [6, 6.07) is 8.74. The van der Waals surface area contributed by atoms with Crippen LogP contribution in [0.15, 0.2) is 46.0 Å². The number of nitrogens with two attached hydrogens (primary N) is 1. The summed E-state index contributed by atoms with van der Waals surface area (Å²) in [5, 5.41) is 0.776. The van der Waals surface area contributed by atoms with Gasteiger partial charge in [0.1, 0.15) is 15.3 Å². The van der Waals surface area contributed by atoms with Gasteiger partial charge in [-0.15, -0.1) is 11.3 Å². The van der Waals surface area contributed by atoms with Gasteiger partial charge in [0.15, 0.2) is 9.84 Å². The van der Waals surface area contributed by atoms with Crippen LogP contribution in [-0.4, -0.2) is 15.0 Å². The van der Waals surface area contributed by atoms with Crippen LogP contribution >= 0.6 is 11.3 Å². The first-order chi connectivity index (χ1) is 8.55. The van der Waals surface area contributed by atoms with E-state index in [2.05, 4.69) is 0 Å². The van der Waals surface area contributed by atoms with Gasteiger partial charge in [-0.1, -0.05) is 18.2 Å². The fraction of sp³-hybridized carbons (Fsp3) is 0.167. The summed E-state index contributed by atoms with van der Waals surface area (Å²) in [4.78, 5) is 0. The highest BCUT2D eigenvalue weighted by Gasteiger charge is 2.28. The molecule has 18 heavy (non-hydrogen) atoms. The van der Waals surface area contributed by atoms with Crippen LogP contribution in [0.3, 0.4) is 0 Å². The van der Waals surface area contributed by atoms with E-state index in [0.29, 0.717) is 5.56 Å². The van der Waals surface area contributed by atoms with Crippen molar-refractivity contribution in [3.8, 4) is 0 Å². The van der Waals surface area contributed by atoms with Crippen LogP contribution in [0.2, 0.25) is 0 Å². The van der Waals surface area contributed by atoms with Crippen LogP contribution in [0.25, 0.3) is 0 Å². The largest absolute Gasteiger partial charge is 0.329 e. The van der Waals surface area contributed by atoms with E-state index in [1.165, 1.54) is 24.3 Å². The Kier molecular flexibility index (Phi) is 3.79. The molecule has 0 saturated carbocycles. The van der Waals surface area contributed by atoms with E-state index in [9.17, 15) is 12.8 Å². The van der Waals surface area contributed by atoms with Crippen LogP contribution in [0.4, 0.5) is 4.39 Å². The summed E-state index contributed by atoms with van der Waals surface area (Å²) < 4.78 is 38.1. The number of rotatable bonds is 4. The van der Waals surface area contributed by atoms with Gasteiger partial charge < -0.3 is 5.73 Å². The fourth-order valence-corrected chi connectivity index (χ4v) is 4.52. The first kappa shape index (κ1) is 13.2. The molecule has 0 aliphatic rings. The molecule has 0 bridgehead atoms. The third-order valence-corrected chi connectivity index (χ3v) is 6.14. The zero-order valence-corrected chi connectivity index (χ0v) is 11.0. The summed E-state index contributed by atoms with van der Waals surface area (Å²) in [5.41, 5.74) is 5.93. The zero-order valence-electron chi connectivity index (χ0n) is 9.41. The average Bonchev–Trinajstić information content (AvgIpc) is 2.83. The molecule has 0 saturated heterocycles. The minimum atomic E-state index is -3.55. The Morgan fingerprint density at radius 1 is 1.28 bits per heavy atom. The molecular weight excluding hydrogens is 273 g/mol. The van der Waals surface area contributed by atoms with E-state index >= 15 is 0 Å². The van der Waals surface area contributed by atoms with Crippen molar-refractivity contribution in [2.24, 2.45) is 5.73 Å². The molecule has 0 spiro atoms. The van der Waals surface area contributed by atoms with Gasteiger partial charge in [-0.05, 0) is 29.1 Å². The molecular formula is C12H12FNO2S2. The number of sulfone groups is 1. The Morgan fingerprint density at radius 2 is 2.06 bits per heavy atom. The quantitative estimate of drug-likeness (QED) is 0.938. The molecule has 1 unspecified atom stereocenters. The van der Waals surface area contributed by atoms with Crippen molar-refractivity contribution in [3.63, 3.8) is 0 Å². The molecule has 2 aromatic rings. The lowest BCUT2D eigenvalue weighted by molar-refractivity contribution is 0.583. The van der Waals surface area contributed by atoms with Crippen LogP contribution < -0.4 is 5.73 Å². The van der Waals surface area contributed by atoms with Crippen LogP contribution in [0.5, 0.6) is 0 Å². The van der Waals surface area contributed by atoms with Crippen molar-refractivity contribution in [1.82, 2.24) is 0 Å².